The summed E-state index contributed by atoms with van der Waals surface area (Å²) in [4.78, 5) is 16.5. The summed E-state index contributed by atoms with van der Waals surface area (Å²) in [6.07, 6.45) is 1.41. The zero-order valence-corrected chi connectivity index (χ0v) is 10.2. The van der Waals surface area contributed by atoms with Crippen LogP contribution in [0.2, 0.25) is 0 Å². The van der Waals surface area contributed by atoms with Gasteiger partial charge in [-0.3, -0.25) is 4.79 Å². The number of nitrogens with two attached hydrogens (primary N) is 1. The molecule has 96 valence electrons. The molecule has 2 aliphatic rings. The Morgan fingerprint density at radius 2 is 1.94 bits per heavy atom. The summed E-state index contributed by atoms with van der Waals surface area (Å²) < 4.78 is 0. The van der Waals surface area contributed by atoms with Crippen molar-refractivity contribution in [1.29, 1.82) is 0 Å². The van der Waals surface area contributed by atoms with Crippen LogP contribution < -0.4 is 5.73 Å². The van der Waals surface area contributed by atoms with Gasteiger partial charge in [0.1, 0.15) is 5.41 Å². The minimum absolute atomic E-state index is 0.0311. The van der Waals surface area contributed by atoms with Gasteiger partial charge in [0.25, 0.3) is 0 Å². The lowest BCUT2D eigenvalue weighted by atomic mass is 10.0. The summed E-state index contributed by atoms with van der Waals surface area (Å²) in [6, 6.07) is 0. The van der Waals surface area contributed by atoms with Crippen molar-refractivity contribution in [3.05, 3.63) is 0 Å². The minimum Gasteiger partial charge on any atom is -0.409 e. The Labute approximate surface area is 101 Å². The second kappa shape index (κ2) is 4.52. The van der Waals surface area contributed by atoms with Gasteiger partial charge in [-0.1, -0.05) is 12.1 Å². The van der Waals surface area contributed by atoms with Gasteiger partial charge in [-0.2, -0.15) is 0 Å². The number of nitrogens with zero attached hydrogens (tertiary/aromatic N) is 3. The highest BCUT2D eigenvalue weighted by atomic mass is 16.4. The second-order valence-electron chi connectivity index (χ2n) is 4.79. The summed E-state index contributed by atoms with van der Waals surface area (Å²) in [5, 5.41) is 11.7. The van der Waals surface area contributed by atoms with Crippen molar-refractivity contribution in [2.75, 3.05) is 32.7 Å². The normalized spacial score (nSPS) is 24.8. The van der Waals surface area contributed by atoms with E-state index in [0.29, 0.717) is 12.8 Å². The van der Waals surface area contributed by atoms with Crippen molar-refractivity contribution < 1.29 is 10.0 Å². The predicted octanol–water partition coefficient (Wildman–Crippen LogP) is -0.323. The fraction of sp³-hybridized carbons (Fsp3) is 0.818. The Morgan fingerprint density at radius 1 is 1.35 bits per heavy atom. The van der Waals surface area contributed by atoms with E-state index in [-0.39, 0.29) is 11.7 Å². The molecule has 1 amide bonds. The fourth-order valence-electron chi connectivity index (χ4n) is 2.37. The van der Waals surface area contributed by atoms with Crippen molar-refractivity contribution in [2.45, 2.75) is 19.8 Å². The molecular weight excluding hydrogens is 220 g/mol. The molecule has 2 rings (SSSR count). The minimum atomic E-state index is -0.691. The molecule has 1 saturated carbocycles. The van der Waals surface area contributed by atoms with Crippen molar-refractivity contribution >= 4 is 11.7 Å². The molecule has 0 spiro atoms. The first-order chi connectivity index (χ1) is 8.14. The van der Waals surface area contributed by atoms with Crippen LogP contribution in [0.25, 0.3) is 0 Å². The van der Waals surface area contributed by atoms with Crippen LogP contribution in [-0.2, 0) is 4.79 Å². The van der Waals surface area contributed by atoms with Crippen molar-refractivity contribution in [3.63, 3.8) is 0 Å². The van der Waals surface area contributed by atoms with Crippen LogP contribution in [-0.4, -0.2) is 59.5 Å². The second-order valence-corrected chi connectivity index (χ2v) is 4.79. The summed E-state index contributed by atoms with van der Waals surface area (Å²) in [6.45, 7) is 6.45. The molecule has 0 bridgehead atoms. The number of carbonyl (C=O) groups is 1. The highest BCUT2D eigenvalue weighted by molar-refractivity contribution is 6.09. The molecule has 0 unspecified atom stereocenters. The van der Waals surface area contributed by atoms with Crippen LogP contribution >= 0.6 is 0 Å². The van der Waals surface area contributed by atoms with Gasteiger partial charge in [-0.15, -0.1) is 0 Å². The third-order valence-electron chi connectivity index (χ3n) is 3.86. The maximum Gasteiger partial charge on any atom is 0.236 e. The van der Waals surface area contributed by atoms with Crippen LogP contribution in [0.3, 0.4) is 0 Å². The number of amidine groups is 1. The maximum atomic E-state index is 12.3. The predicted molar refractivity (Wildman–Crippen MR) is 63.8 cm³/mol. The number of carbonyl (C=O) groups excluding carboxylic acids is 1. The zero-order chi connectivity index (χ0) is 12.5. The average Bonchev–Trinajstić information content (AvgIpc) is 3.18. The lowest BCUT2D eigenvalue weighted by molar-refractivity contribution is -0.136. The average molecular weight is 240 g/mol. The number of likely N-dealkylation sites (N-methyl/N-ethyl adjacent to an activating group) is 1. The number of hydrogen-bond acceptors (Lipinski definition) is 4. The SMILES string of the molecule is CCN1CCN(C(=O)C2(C(N)=NO)CC2)CC1. The molecule has 0 atom stereocenters. The molecule has 0 aromatic rings. The van der Waals surface area contributed by atoms with Crippen LogP contribution in [0.5, 0.6) is 0 Å². The number of amides is 1. The molecule has 6 nitrogen and oxygen atoms in total. The molecule has 0 aromatic carbocycles. The summed E-state index contributed by atoms with van der Waals surface area (Å²) in [5.41, 5.74) is 4.93. The number of oxime groups is 1. The Kier molecular flexibility index (Phi) is 3.24. The first-order valence-corrected chi connectivity index (χ1v) is 6.14. The number of piperazine rings is 1. The third kappa shape index (κ3) is 2.09. The van der Waals surface area contributed by atoms with Gasteiger partial charge in [-0.25, -0.2) is 0 Å². The molecule has 1 aliphatic carbocycles. The van der Waals surface area contributed by atoms with Gasteiger partial charge < -0.3 is 20.7 Å². The highest BCUT2D eigenvalue weighted by Gasteiger charge is 2.55. The van der Waals surface area contributed by atoms with Gasteiger partial charge >= 0.3 is 0 Å². The van der Waals surface area contributed by atoms with Gasteiger partial charge in [-0.05, 0) is 19.4 Å². The first kappa shape index (κ1) is 12.2. The van der Waals surface area contributed by atoms with E-state index in [2.05, 4.69) is 17.0 Å². The molecule has 1 aliphatic heterocycles. The standard InChI is InChI=1S/C11H20N4O2/c1-2-14-5-7-15(8-6-14)10(16)11(3-4-11)9(12)13-17/h17H,2-8H2,1H3,(H2,12,13). The van der Waals surface area contributed by atoms with Crippen LogP contribution in [0.1, 0.15) is 19.8 Å². The molecule has 1 heterocycles. The largest absolute Gasteiger partial charge is 0.409 e. The summed E-state index contributed by atoms with van der Waals surface area (Å²) in [7, 11) is 0. The van der Waals surface area contributed by atoms with Gasteiger partial charge in [0.05, 0.1) is 0 Å². The lowest BCUT2D eigenvalue weighted by Crippen LogP contribution is -2.52. The van der Waals surface area contributed by atoms with Gasteiger partial charge in [0, 0.05) is 26.2 Å². The van der Waals surface area contributed by atoms with Crippen LogP contribution in [0.15, 0.2) is 5.16 Å². The molecule has 17 heavy (non-hydrogen) atoms. The first-order valence-electron chi connectivity index (χ1n) is 6.14. The smallest absolute Gasteiger partial charge is 0.236 e. The Morgan fingerprint density at radius 3 is 2.35 bits per heavy atom. The van der Waals surface area contributed by atoms with E-state index in [9.17, 15) is 4.79 Å². The molecule has 1 saturated heterocycles. The van der Waals surface area contributed by atoms with E-state index in [1.165, 1.54) is 0 Å². The summed E-state index contributed by atoms with van der Waals surface area (Å²) >= 11 is 0. The molecular formula is C11H20N4O2. The third-order valence-corrected chi connectivity index (χ3v) is 3.86. The van der Waals surface area contributed by atoms with Crippen LogP contribution in [0.4, 0.5) is 0 Å². The topological polar surface area (TPSA) is 82.2 Å². The monoisotopic (exact) mass is 240 g/mol. The lowest BCUT2D eigenvalue weighted by Gasteiger charge is -2.35. The van der Waals surface area contributed by atoms with E-state index in [0.717, 1.165) is 32.7 Å². The molecule has 0 radical (unpaired) electrons. The van der Waals surface area contributed by atoms with E-state index >= 15 is 0 Å². The van der Waals surface area contributed by atoms with E-state index in [1.54, 1.807) is 0 Å². The van der Waals surface area contributed by atoms with Crippen molar-refractivity contribution in [2.24, 2.45) is 16.3 Å². The van der Waals surface area contributed by atoms with Crippen molar-refractivity contribution in [1.82, 2.24) is 9.80 Å². The Bertz CT molecular complexity index is 330. The number of hydrogen-bond donors (Lipinski definition) is 2. The van der Waals surface area contributed by atoms with Crippen LogP contribution in [0, 0.1) is 5.41 Å². The highest BCUT2D eigenvalue weighted by Crippen LogP contribution is 2.47. The van der Waals surface area contributed by atoms with E-state index in [4.69, 9.17) is 10.9 Å². The Balaban J connectivity index is 1.98. The van der Waals surface area contributed by atoms with Crippen molar-refractivity contribution in [3.8, 4) is 0 Å². The summed E-state index contributed by atoms with van der Waals surface area (Å²) in [5.74, 6) is 0.101. The molecule has 3 N–H and O–H groups in total. The number of rotatable bonds is 3. The molecule has 2 fully saturated rings. The quantitative estimate of drug-likeness (QED) is 0.306. The Hall–Kier alpha value is -1.30. The van der Waals surface area contributed by atoms with Gasteiger partial charge in [0.2, 0.25) is 5.91 Å². The maximum absolute atomic E-state index is 12.3. The molecule has 6 heteroatoms. The zero-order valence-electron chi connectivity index (χ0n) is 10.2. The fourth-order valence-corrected chi connectivity index (χ4v) is 2.37. The van der Waals surface area contributed by atoms with Gasteiger partial charge in [0.15, 0.2) is 5.84 Å². The van der Waals surface area contributed by atoms with E-state index < -0.39 is 5.41 Å². The molecule has 0 aromatic heterocycles. The van der Waals surface area contributed by atoms with E-state index in [1.807, 2.05) is 4.90 Å².